The van der Waals surface area contributed by atoms with Crippen molar-refractivity contribution in [3.05, 3.63) is 88.0 Å². The minimum atomic E-state index is -0.189. The Kier molecular flexibility index (Phi) is 4.65. The van der Waals surface area contributed by atoms with Gasteiger partial charge in [0.15, 0.2) is 0 Å². The molecule has 3 heterocycles. The number of fused-ring (bicyclic) bond motifs is 1. The standard InChI is InChI=1S/C23H20ClN3O/c1-14(2)27-13-18(12-20(24)23(27)28)19-11-17-10-9-15(3)25-22(17)26-21(19)16-7-5-4-6-8-16/h4-14H,3H2,1-2H3,(H,25,26). The van der Waals surface area contributed by atoms with E-state index in [1.54, 1.807) is 10.6 Å². The molecule has 5 heteroatoms. The maximum atomic E-state index is 12.4. The van der Waals surface area contributed by atoms with Gasteiger partial charge in [-0.2, -0.15) is 0 Å². The van der Waals surface area contributed by atoms with Crippen molar-refractivity contribution in [3.8, 4) is 22.4 Å². The van der Waals surface area contributed by atoms with E-state index in [-0.39, 0.29) is 16.6 Å². The van der Waals surface area contributed by atoms with Crippen LogP contribution in [-0.2, 0) is 0 Å². The molecule has 3 aromatic rings. The zero-order valence-corrected chi connectivity index (χ0v) is 16.5. The van der Waals surface area contributed by atoms with Crippen LogP contribution in [0.25, 0.3) is 28.5 Å². The third-order valence-corrected chi connectivity index (χ3v) is 4.98. The Morgan fingerprint density at radius 3 is 2.57 bits per heavy atom. The number of nitrogens with zero attached hydrogens (tertiary/aromatic N) is 2. The SMILES string of the molecule is C=C1C=Cc2cc(-c3cc(Cl)c(=O)n(C(C)C)c3)c(-c3ccccc3)nc2N1. The molecule has 0 amide bonds. The van der Waals surface area contributed by atoms with Gasteiger partial charge in [0.25, 0.3) is 5.56 Å². The van der Waals surface area contributed by atoms with Crippen molar-refractivity contribution in [1.82, 2.24) is 9.55 Å². The van der Waals surface area contributed by atoms with E-state index in [9.17, 15) is 4.79 Å². The molecule has 0 atom stereocenters. The van der Waals surface area contributed by atoms with Gasteiger partial charge in [-0.15, -0.1) is 0 Å². The first-order valence-electron chi connectivity index (χ1n) is 9.10. The number of hydrogen-bond donors (Lipinski definition) is 1. The summed E-state index contributed by atoms with van der Waals surface area (Å²) >= 11 is 6.28. The molecule has 28 heavy (non-hydrogen) atoms. The molecule has 0 aliphatic carbocycles. The van der Waals surface area contributed by atoms with Crippen LogP contribution in [0.3, 0.4) is 0 Å². The smallest absolute Gasteiger partial charge is 0.269 e. The van der Waals surface area contributed by atoms with Crippen molar-refractivity contribution < 1.29 is 0 Å². The summed E-state index contributed by atoms with van der Waals surface area (Å²) in [4.78, 5) is 17.3. The minimum Gasteiger partial charge on any atom is -0.340 e. The first-order chi connectivity index (χ1) is 13.4. The fourth-order valence-electron chi connectivity index (χ4n) is 3.27. The van der Waals surface area contributed by atoms with E-state index in [0.717, 1.165) is 39.5 Å². The number of nitrogens with one attached hydrogen (secondary N) is 1. The zero-order valence-electron chi connectivity index (χ0n) is 15.7. The Morgan fingerprint density at radius 1 is 1.11 bits per heavy atom. The quantitative estimate of drug-likeness (QED) is 0.619. The molecule has 0 fully saturated rings. The highest BCUT2D eigenvalue weighted by molar-refractivity contribution is 6.30. The van der Waals surface area contributed by atoms with Crippen LogP contribution in [0.4, 0.5) is 5.82 Å². The van der Waals surface area contributed by atoms with Gasteiger partial charge in [0.1, 0.15) is 10.8 Å². The average Bonchev–Trinajstić information content (AvgIpc) is 2.69. The second-order valence-electron chi connectivity index (χ2n) is 7.05. The zero-order chi connectivity index (χ0) is 19.8. The van der Waals surface area contributed by atoms with Crippen molar-refractivity contribution in [2.75, 3.05) is 5.32 Å². The molecule has 2 aromatic heterocycles. The number of halogens is 1. The number of allylic oxidation sites excluding steroid dienone is 1. The van der Waals surface area contributed by atoms with Gasteiger partial charge in [-0.25, -0.2) is 4.98 Å². The van der Waals surface area contributed by atoms with Crippen LogP contribution in [0.2, 0.25) is 5.02 Å². The Labute approximate surface area is 168 Å². The topological polar surface area (TPSA) is 46.9 Å². The lowest BCUT2D eigenvalue weighted by atomic mass is 9.97. The van der Waals surface area contributed by atoms with Gasteiger partial charge in [0.05, 0.1) is 5.69 Å². The van der Waals surface area contributed by atoms with Gasteiger partial charge in [-0.05, 0) is 38.1 Å². The lowest BCUT2D eigenvalue weighted by molar-refractivity contribution is 0.579. The maximum absolute atomic E-state index is 12.4. The van der Waals surface area contributed by atoms with Crippen molar-refractivity contribution in [2.45, 2.75) is 19.9 Å². The molecular formula is C23H20ClN3O. The van der Waals surface area contributed by atoms with E-state index < -0.39 is 0 Å². The molecule has 0 bridgehead atoms. The molecule has 1 aromatic carbocycles. The third kappa shape index (κ3) is 3.27. The van der Waals surface area contributed by atoms with Crippen molar-refractivity contribution in [2.24, 2.45) is 0 Å². The summed E-state index contributed by atoms with van der Waals surface area (Å²) in [5.74, 6) is 0.762. The monoisotopic (exact) mass is 389 g/mol. The van der Waals surface area contributed by atoms with Crippen molar-refractivity contribution in [1.29, 1.82) is 0 Å². The molecule has 140 valence electrons. The van der Waals surface area contributed by atoms with Gasteiger partial charge < -0.3 is 9.88 Å². The minimum absolute atomic E-state index is 0.000554. The van der Waals surface area contributed by atoms with Crippen LogP contribution in [0.1, 0.15) is 25.5 Å². The second kappa shape index (κ2) is 7.13. The number of benzene rings is 1. The summed E-state index contributed by atoms with van der Waals surface area (Å²) in [6.45, 7) is 7.88. The maximum Gasteiger partial charge on any atom is 0.269 e. The van der Waals surface area contributed by atoms with Crippen molar-refractivity contribution in [3.63, 3.8) is 0 Å². The molecule has 0 saturated carbocycles. The Balaban J connectivity index is 2.01. The summed E-state index contributed by atoms with van der Waals surface area (Å²) in [6, 6.07) is 13.8. The van der Waals surface area contributed by atoms with E-state index in [4.69, 9.17) is 16.6 Å². The molecular weight excluding hydrogens is 370 g/mol. The Bertz CT molecular complexity index is 1160. The fraction of sp³-hybridized carbons (Fsp3) is 0.130. The molecule has 4 nitrogen and oxygen atoms in total. The second-order valence-corrected chi connectivity index (χ2v) is 7.46. The molecule has 0 unspecified atom stereocenters. The van der Waals surface area contributed by atoms with Crippen LogP contribution in [0.5, 0.6) is 0 Å². The number of aromatic nitrogens is 2. The fourth-order valence-corrected chi connectivity index (χ4v) is 3.49. The Morgan fingerprint density at radius 2 is 1.86 bits per heavy atom. The van der Waals surface area contributed by atoms with Crippen LogP contribution in [-0.4, -0.2) is 9.55 Å². The van der Waals surface area contributed by atoms with Gasteiger partial charge in [-0.3, -0.25) is 4.79 Å². The predicted molar refractivity (Wildman–Crippen MR) is 117 cm³/mol. The van der Waals surface area contributed by atoms with Crippen LogP contribution in [0.15, 0.2) is 71.8 Å². The van der Waals surface area contributed by atoms with Crippen LogP contribution >= 0.6 is 11.6 Å². The largest absolute Gasteiger partial charge is 0.340 e. The molecule has 1 N–H and O–H groups in total. The summed E-state index contributed by atoms with van der Waals surface area (Å²) in [5, 5.41) is 3.42. The Hall–Kier alpha value is -3.11. The van der Waals surface area contributed by atoms with E-state index in [2.05, 4.69) is 18.0 Å². The van der Waals surface area contributed by atoms with E-state index in [1.807, 2.05) is 62.5 Å². The average molecular weight is 390 g/mol. The van der Waals surface area contributed by atoms with Gasteiger partial charge in [-0.1, -0.05) is 48.5 Å². The van der Waals surface area contributed by atoms with E-state index in [1.165, 1.54) is 0 Å². The lowest BCUT2D eigenvalue weighted by Crippen LogP contribution is -2.21. The molecule has 0 radical (unpaired) electrons. The molecule has 4 rings (SSSR count). The normalized spacial score (nSPS) is 12.8. The number of anilines is 1. The van der Waals surface area contributed by atoms with Crippen molar-refractivity contribution >= 4 is 23.5 Å². The van der Waals surface area contributed by atoms with Gasteiger partial charge in [0, 0.05) is 40.2 Å². The summed E-state index contributed by atoms with van der Waals surface area (Å²) in [5.41, 5.74) is 5.14. The summed E-state index contributed by atoms with van der Waals surface area (Å²) < 4.78 is 1.65. The molecule has 1 aliphatic rings. The summed E-state index contributed by atoms with van der Waals surface area (Å²) in [6.07, 6.45) is 5.76. The number of hydrogen-bond acceptors (Lipinski definition) is 3. The molecule has 0 saturated heterocycles. The predicted octanol–water partition coefficient (Wildman–Crippen LogP) is 5.76. The van der Waals surface area contributed by atoms with E-state index >= 15 is 0 Å². The first-order valence-corrected chi connectivity index (χ1v) is 9.48. The van der Waals surface area contributed by atoms with Gasteiger partial charge >= 0.3 is 0 Å². The summed E-state index contributed by atoms with van der Waals surface area (Å²) in [7, 11) is 0. The van der Waals surface area contributed by atoms with Crippen LogP contribution in [0, 0.1) is 0 Å². The van der Waals surface area contributed by atoms with Gasteiger partial charge in [0.2, 0.25) is 0 Å². The lowest BCUT2D eigenvalue weighted by Gasteiger charge is -2.19. The third-order valence-electron chi connectivity index (χ3n) is 4.71. The van der Waals surface area contributed by atoms with Crippen LogP contribution < -0.4 is 10.9 Å². The highest BCUT2D eigenvalue weighted by Gasteiger charge is 2.18. The molecule has 1 aliphatic heterocycles. The highest BCUT2D eigenvalue weighted by atomic mass is 35.5. The highest BCUT2D eigenvalue weighted by Crippen LogP contribution is 2.36. The number of rotatable bonds is 3. The number of pyridine rings is 2. The molecule has 0 spiro atoms. The first kappa shape index (κ1) is 18.3. The van der Waals surface area contributed by atoms with E-state index in [0.29, 0.717) is 0 Å².